The van der Waals surface area contributed by atoms with Gasteiger partial charge in [-0.15, -0.1) is 11.3 Å². The van der Waals surface area contributed by atoms with Crippen LogP contribution in [0.4, 0.5) is 5.13 Å². The van der Waals surface area contributed by atoms with Gasteiger partial charge in [-0.3, -0.25) is 4.57 Å². The average Bonchev–Trinajstić information content (AvgIpc) is 3.37. The minimum absolute atomic E-state index is 0.725. The monoisotopic (exact) mass is 364 g/mol. The average molecular weight is 364 g/mol. The molecule has 4 aromatic rings. The molecule has 0 bridgehead atoms. The van der Waals surface area contributed by atoms with Crippen LogP contribution in [0.15, 0.2) is 48.1 Å². The molecule has 6 nitrogen and oxygen atoms in total. The van der Waals surface area contributed by atoms with Crippen molar-refractivity contribution in [3.63, 3.8) is 0 Å². The Morgan fingerprint density at radius 3 is 2.81 bits per heavy atom. The first-order valence-electron chi connectivity index (χ1n) is 8.51. The first-order chi connectivity index (χ1) is 12.7. The first kappa shape index (κ1) is 16.5. The number of nitrogens with zero attached hydrogens (tertiary/aromatic N) is 4. The number of thiazole rings is 1. The summed E-state index contributed by atoms with van der Waals surface area (Å²) in [6, 6.07) is 12.6. The van der Waals surface area contributed by atoms with Crippen molar-refractivity contribution in [3.05, 3.63) is 65.1 Å². The molecule has 0 aliphatic heterocycles. The van der Waals surface area contributed by atoms with Crippen LogP contribution in [-0.2, 0) is 6.42 Å². The molecule has 0 aliphatic carbocycles. The van der Waals surface area contributed by atoms with Crippen LogP contribution in [0.2, 0.25) is 0 Å². The second-order valence-corrected chi connectivity index (χ2v) is 6.99. The van der Waals surface area contributed by atoms with E-state index in [4.69, 9.17) is 4.98 Å². The molecular formula is C19H20N6S. The van der Waals surface area contributed by atoms with E-state index < -0.39 is 0 Å². The molecule has 7 heteroatoms. The number of benzene rings is 1. The van der Waals surface area contributed by atoms with Crippen LogP contribution in [0.5, 0.6) is 0 Å². The van der Waals surface area contributed by atoms with Gasteiger partial charge in [0.1, 0.15) is 6.33 Å². The summed E-state index contributed by atoms with van der Waals surface area (Å²) in [6.45, 7) is 5.01. The Balaban J connectivity index is 1.49. The zero-order valence-corrected chi connectivity index (χ0v) is 15.5. The molecule has 0 radical (unpaired) electrons. The molecule has 0 saturated heterocycles. The fourth-order valence-corrected chi connectivity index (χ4v) is 3.83. The summed E-state index contributed by atoms with van der Waals surface area (Å²) in [4.78, 5) is 9.01. The predicted molar refractivity (Wildman–Crippen MR) is 105 cm³/mol. The van der Waals surface area contributed by atoms with Gasteiger partial charge in [-0.05, 0) is 31.9 Å². The van der Waals surface area contributed by atoms with Gasteiger partial charge in [0, 0.05) is 28.9 Å². The Morgan fingerprint density at radius 2 is 2.04 bits per heavy atom. The lowest BCUT2D eigenvalue weighted by Crippen LogP contribution is -2.04. The number of hydrogen-bond acceptors (Lipinski definition) is 5. The van der Waals surface area contributed by atoms with Gasteiger partial charge >= 0.3 is 0 Å². The summed E-state index contributed by atoms with van der Waals surface area (Å²) in [6.07, 6.45) is 2.50. The van der Waals surface area contributed by atoms with E-state index in [-0.39, 0.29) is 0 Å². The van der Waals surface area contributed by atoms with E-state index in [0.717, 1.165) is 46.7 Å². The normalized spacial score (nSPS) is 11.0. The van der Waals surface area contributed by atoms with Gasteiger partial charge < -0.3 is 5.32 Å². The van der Waals surface area contributed by atoms with Crippen molar-refractivity contribution in [2.75, 3.05) is 11.9 Å². The number of anilines is 1. The van der Waals surface area contributed by atoms with E-state index in [2.05, 4.69) is 74.6 Å². The van der Waals surface area contributed by atoms with Crippen molar-refractivity contribution in [1.29, 1.82) is 0 Å². The number of aromatic amines is 1. The number of rotatable bonds is 6. The fraction of sp³-hybridized carbons (Fsp3) is 0.211. The summed E-state index contributed by atoms with van der Waals surface area (Å²) in [5.41, 5.74) is 5.62. The zero-order valence-electron chi connectivity index (χ0n) is 14.7. The summed E-state index contributed by atoms with van der Waals surface area (Å²) >= 11 is 1.63. The number of aromatic nitrogens is 5. The molecule has 0 aliphatic rings. The van der Waals surface area contributed by atoms with Gasteiger partial charge in [0.25, 0.3) is 0 Å². The summed E-state index contributed by atoms with van der Waals surface area (Å²) < 4.78 is 2.06. The molecular weight excluding hydrogens is 344 g/mol. The molecule has 0 amide bonds. The van der Waals surface area contributed by atoms with Gasteiger partial charge in [0.05, 0.1) is 5.69 Å². The molecule has 132 valence electrons. The van der Waals surface area contributed by atoms with Crippen LogP contribution in [0, 0.1) is 13.8 Å². The third kappa shape index (κ3) is 3.25. The maximum atomic E-state index is 4.76. The third-order valence-electron chi connectivity index (χ3n) is 4.36. The molecule has 3 heterocycles. The van der Waals surface area contributed by atoms with Crippen LogP contribution in [-0.4, -0.2) is 31.3 Å². The van der Waals surface area contributed by atoms with Gasteiger partial charge in [-0.1, -0.05) is 30.3 Å². The highest BCUT2D eigenvalue weighted by molar-refractivity contribution is 7.14. The van der Waals surface area contributed by atoms with Gasteiger partial charge in [-0.2, -0.15) is 10.1 Å². The third-order valence-corrected chi connectivity index (χ3v) is 5.16. The summed E-state index contributed by atoms with van der Waals surface area (Å²) in [5, 5.41) is 13.3. The molecule has 3 aromatic heterocycles. The van der Waals surface area contributed by atoms with Crippen LogP contribution < -0.4 is 5.32 Å². The SMILES string of the molecule is Cc1cc(-c2csc(NCCc3ccccc3)n2)c(C)n1-c1ncn[nH]1. The van der Waals surface area contributed by atoms with E-state index in [1.807, 2.05) is 6.07 Å². The molecule has 26 heavy (non-hydrogen) atoms. The van der Waals surface area contributed by atoms with Crippen molar-refractivity contribution in [3.8, 4) is 17.2 Å². The van der Waals surface area contributed by atoms with E-state index in [0.29, 0.717) is 0 Å². The predicted octanol–water partition coefficient (Wildman–Crippen LogP) is 3.99. The van der Waals surface area contributed by atoms with Crippen molar-refractivity contribution >= 4 is 16.5 Å². The number of H-pyrrole nitrogens is 1. The second kappa shape index (κ2) is 7.13. The second-order valence-electron chi connectivity index (χ2n) is 6.13. The largest absolute Gasteiger partial charge is 0.361 e. The maximum Gasteiger partial charge on any atom is 0.229 e. The zero-order chi connectivity index (χ0) is 17.9. The van der Waals surface area contributed by atoms with Crippen LogP contribution in [0.1, 0.15) is 17.0 Å². The number of aryl methyl sites for hydroxylation is 1. The highest BCUT2D eigenvalue weighted by atomic mass is 32.1. The lowest BCUT2D eigenvalue weighted by atomic mass is 10.1. The quantitative estimate of drug-likeness (QED) is 0.543. The lowest BCUT2D eigenvalue weighted by Gasteiger charge is -2.04. The van der Waals surface area contributed by atoms with E-state index >= 15 is 0 Å². The Morgan fingerprint density at radius 1 is 1.19 bits per heavy atom. The van der Waals surface area contributed by atoms with Gasteiger partial charge in [0.15, 0.2) is 5.13 Å². The van der Waals surface area contributed by atoms with Crippen molar-refractivity contribution in [1.82, 2.24) is 24.7 Å². The maximum absolute atomic E-state index is 4.76. The van der Waals surface area contributed by atoms with E-state index in [1.165, 1.54) is 11.9 Å². The van der Waals surface area contributed by atoms with E-state index in [1.54, 1.807) is 11.3 Å². The molecule has 0 saturated carbocycles. The standard InChI is InChI=1S/C19H20N6S/c1-13-10-16(14(2)25(13)18-21-12-22-24-18)17-11-26-19(23-17)20-9-8-15-6-4-3-5-7-15/h3-7,10-12H,8-9H2,1-2H3,(H,20,23)(H,21,22,24). The Hall–Kier alpha value is -2.93. The minimum Gasteiger partial charge on any atom is -0.361 e. The molecule has 4 rings (SSSR count). The smallest absolute Gasteiger partial charge is 0.229 e. The molecule has 0 unspecified atom stereocenters. The fourth-order valence-electron chi connectivity index (χ4n) is 3.09. The van der Waals surface area contributed by atoms with Crippen molar-refractivity contribution in [2.45, 2.75) is 20.3 Å². The van der Waals surface area contributed by atoms with E-state index in [9.17, 15) is 0 Å². The highest BCUT2D eigenvalue weighted by Crippen LogP contribution is 2.30. The number of hydrogen-bond donors (Lipinski definition) is 2. The highest BCUT2D eigenvalue weighted by Gasteiger charge is 2.16. The molecule has 2 N–H and O–H groups in total. The topological polar surface area (TPSA) is 71.4 Å². The molecule has 1 aromatic carbocycles. The minimum atomic E-state index is 0.725. The molecule has 0 atom stereocenters. The van der Waals surface area contributed by atoms with Crippen molar-refractivity contribution in [2.24, 2.45) is 0 Å². The van der Waals surface area contributed by atoms with Crippen LogP contribution >= 0.6 is 11.3 Å². The summed E-state index contributed by atoms with van der Waals surface area (Å²) in [5.74, 6) is 0.725. The summed E-state index contributed by atoms with van der Waals surface area (Å²) in [7, 11) is 0. The van der Waals surface area contributed by atoms with Gasteiger partial charge in [-0.25, -0.2) is 10.1 Å². The Bertz CT molecular complexity index is 985. The Kier molecular flexibility index (Phi) is 4.53. The number of nitrogens with one attached hydrogen (secondary N) is 2. The molecule has 0 spiro atoms. The van der Waals surface area contributed by atoms with Gasteiger partial charge in [0.2, 0.25) is 5.95 Å². The van der Waals surface area contributed by atoms with Crippen molar-refractivity contribution < 1.29 is 0 Å². The molecule has 0 fully saturated rings. The van der Waals surface area contributed by atoms with Crippen LogP contribution in [0.3, 0.4) is 0 Å². The van der Waals surface area contributed by atoms with Crippen LogP contribution in [0.25, 0.3) is 17.2 Å². The first-order valence-corrected chi connectivity index (χ1v) is 9.38. The lowest BCUT2D eigenvalue weighted by molar-refractivity contribution is 0.879. The Labute approximate surface area is 156 Å².